The maximum atomic E-state index is 5.84. The van der Waals surface area contributed by atoms with E-state index in [-0.39, 0.29) is 0 Å². The van der Waals surface area contributed by atoms with Gasteiger partial charge in [0.05, 0.1) is 5.71 Å². The number of rotatable bonds is 3. The number of benzene rings is 1. The summed E-state index contributed by atoms with van der Waals surface area (Å²) in [5.74, 6) is 1.15. The summed E-state index contributed by atoms with van der Waals surface area (Å²) < 4.78 is 0. The Kier molecular flexibility index (Phi) is 2.96. The second-order valence-electron chi connectivity index (χ2n) is 3.92. The van der Waals surface area contributed by atoms with Crippen molar-refractivity contribution in [1.82, 2.24) is 0 Å². The van der Waals surface area contributed by atoms with E-state index in [0.717, 1.165) is 10.7 Å². The van der Waals surface area contributed by atoms with E-state index in [4.69, 9.17) is 16.4 Å². The first-order valence-electron chi connectivity index (χ1n) is 5.05. The molecule has 0 amide bonds. The molecule has 1 saturated carbocycles. The molecule has 1 aliphatic rings. The maximum absolute atomic E-state index is 5.84. The van der Waals surface area contributed by atoms with Gasteiger partial charge in [-0.2, -0.15) is 0 Å². The zero-order chi connectivity index (χ0) is 10.8. The van der Waals surface area contributed by atoms with E-state index in [9.17, 15) is 0 Å². The lowest BCUT2D eigenvalue weighted by atomic mass is 10.1. The zero-order valence-electron chi connectivity index (χ0n) is 8.90. The molecule has 1 fully saturated rings. The highest BCUT2D eigenvalue weighted by Crippen LogP contribution is 2.48. The molecule has 3 heteroatoms. The first-order valence-corrected chi connectivity index (χ1v) is 5.43. The Balaban J connectivity index is 2.05. The molecule has 15 heavy (non-hydrogen) atoms. The van der Waals surface area contributed by atoms with Crippen LogP contribution in [0.5, 0.6) is 0 Å². The van der Waals surface area contributed by atoms with Gasteiger partial charge < -0.3 is 4.84 Å². The van der Waals surface area contributed by atoms with Crippen molar-refractivity contribution in [1.29, 1.82) is 0 Å². The van der Waals surface area contributed by atoms with Gasteiger partial charge in [0.25, 0.3) is 0 Å². The van der Waals surface area contributed by atoms with Crippen LogP contribution in [-0.2, 0) is 4.84 Å². The predicted molar refractivity (Wildman–Crippen MR) is 62.4 cm³/mol. The fourth-order valence-electron chi connectivity index (χ4n) is 1.95. The van der Waals surface area contributed by atoms with Crippen LogP contribution in [0.15, 0.2) is 29.4 Å². The highest BCUT2D eigenvalue weighted by Gasteiger charge is 2.40. The summed E-state index contributed by atoms with van der Waals surface area (Å²) in [6.07, 6.45) is 1.17. The van der Waals surface area contributed by atoms with Crippen molar-refractivity contribution in [2.45, 2.75) is 19.3 Å². The molecule has 0 unspecified atom stereocenters. The first-order chi connectivity index (χ1) is 7.22. The molecule has 0 bridgehead atoms. The Morgan fingerprint density at radius 2 is 2.07 bits per heavy atom. The molecular weight excluding hydrogens is 210 g/mol. The monoisotopic (exact) mass is 223 g/mol. The molecule has 0 N–H and O–H groups in total. The van der Waals surface area contributed by atoms with E-state index in [1.165, 1.54) is 12.0 Å². The van der Waals surface area contributed by atoms with E-state index < -0.39 is 0 Å². The normalized spacial score (nSPS) is 25.1. The third-order valence-corrected chi connectivity index (χ3v) is 3.11. The highest BCUT2D eigenvalue weighted by atomic mass is 35.5. The molecular formula is C12H14ClNO. The van der Waals surface area contributed by atoms with Gasteiger partial charge in [-0.05, 0) is 37.0 Å². The number of halogens is 1. The van der Waals surface area contributed by atoms with E-state index >= 15 is 0 Å². The minimum Gasteiger partial charge on any atom is -0.399 e. The molecule has 0 spiro atoms. The topological polar surface area (TPSA) is 21.6 Å². The second kappa shape index (κ2) is 4.23. The van der Waals surface area contributed by atoms with E-state index in [1.807, 2.05) is 19.1 Å². The number of hydrogen-bond acceptors (Lipinski definition) is 2. The number of hydrogen-bond donors (Lipinski definition) is 0. The maximum Gasteiger partial charge on any atom is 0.106 e. The number of oxime groups is 1. The minimum absolute atomic E-state index is 0.547. The Hall–Kier alpha value is -1.02. The van der Waals surface area contributed by atoms with Gasteiger partial charge in [0.15, 0.2) is 0 Å². The molecule has 2 rings (SSSR count). The summed E-state index contributed by atoms with van der Waals surface area (Å²) in [5.41, 5.74) is 2.42. The van der Waals surface area contributed by atoms with Gasteiger partial charge in [0.1, 0.15) is 7.11 Å². The Morgan fingerprint density at radius 1 is 1.40 bits per heavy atom. The molecule has 2 atom stereocenters. The van der Waals surface area contributed by atoms with Crippen molar-refractivity contribution in [2.75, 3.05) is 7.11 Å². The van der Waals surface area contributed by atoms with Crippen molar-refractivity contribution in [3.63, 3.8) is 0 Å². The second-order valence-corrected chi connectivity index (χ2v) is 4.35. The lowest BCUT2D eigenvalue weighted by Crippen LogP contribution is -1.97. The largest absolute Gasteiger partial charge is 0.399 e. The quantitative estimate of drug-likeness (QED) is 0.568. The van der Waals surface area contributed by atoms with Crippen molar-refractivity contribution in [2.24, 2.45) is 11.1 Å². The SMILES string of the molecule is CO/N=C(/C)[C@H]1C[C@H]1c1ccc(Cl)cc1. The van der Waals surface area contributed by atoms with Crippen LogP contribution in [0.25, 0.3) is 0 Å². The summed E-state index contributed by atoms with van der Waals surface area (Å²) in [4.78, 5) is 4.78. The van der Waals surface area contributed by atoms with Crippen LogP contribution in [0.4, 0.5) is 0 Å². The summed E-state index contributed by atoms with van der Waals surface area (Å²) in [6, 6.07) is 8.06. The fourth-order valence-corrected chi connectivity index (χ4v) is 2.07. The standard InChI is InChI=1S/C12H14ClNO/c1-8(14-15-2)11-7-12(11)9-3-5-10(13)6-4-9/h3-6,11-12H,7H2,1-2H3/b14-8-/t11-,12+/m1/s1. The van der Waals surface area contributed by atoms with E-state index in [0.29, 0.717) is 11.8 Å². The number of nitrogens with zero attached hydrogens (tertiary/aromatic N) is 1. The van der Waals surface area contributed by atoms with Gasteiger partial charge in [-0.3, -0.25) is 0 Å². The third kappa shape index (κ3) is 2.32. The molecule has 0 heterocycles. The minimum atomic E-state index is 0.547. The molecule has 1 aliphatic carbocycles. The van der Waals surface area contributed by atoms with E-state index in [1.54, 1.807) is 7.11 Å². The van der Waals surface area contributed by atoms with Crippen LogP contribution in [0.2, 0.25) is 5.02 Å². The summed E-state index contributed by atoms with van der Waals surface area (Å²) >= 11 is 5.84. The van der Waals surface area contributed by atoms with Crippen LogP contribution in [0, 0.1) is 5.92 Å². The van der Waals surface area contributed by atoms with Crippen LogP contribution in [0.1, 0.15) is 24.8 Å². The molecule has 0 aliphatic heterocycles. The van der Waals surface area contributed by atoms with Crippen molar-refractivity contribution >= 4 is 17.3 Å². The van der Waals surface area contributed by atoms with Gasteiger partial charge in [-0.15, -0.1) is 0 Å². The molecule has 0 saturated heterocycles. The smallest absolute Gasteiger partial charge is 0.106 e. The van der Waals surface area contributed by atoms with Crippen LogP contribution in [0.3, 0.4) is 0 Å². The van der Waals surface area contributed by atoms with Gasteiger partial charge >= 0.3 is 0 Å². The Bertz CT molecular complexity index is 372. The highest BCUT2D eigenvalue weighted by molar-refractivity contribution is 6.30. The average Bonchev–Trinajstić information content (AvgIpc) is 2.99. The van der Waals surface area contributed by atoms with E-state index in [2.05, 4.69) is 17.3 Å². The van der Waals surface area contributed by atoms with Gasteiger partial charge in [0.2, 0.25) is 0 Å². The fraction of sp³-hybridized carbons (Fsp3) is 0.417. The van der Waals surface area contributed by atoms with Crippen LogP contribution >= 0.6 is 11.6 Å². The van der Waals surface area contributed by atoms with Gasteiger partial charge in [-0.25, -0.2) is 0 Å². The van der Waals surface area contributed by atoms with Gasteiger partial charge in [-0.1, -0.05) is 28.9 Å². The molecule has 1 aromatic carbocycles. The lowest BCUT2D eigenvalue weighted by Gasteiger charge is -2.00. The third-order valence-electron chi connectivity index (χ3n) is 2.86. The Labute approximate surface area is 94.9 Å². The molecule has 0 radical (unpaired) electrons. The lowest BCUT2D eigenvalue weighted by molar-refractivity contribution is 0.212. The summed E-state index contributed by atoms with van der Waals surface area (Å²) in [7, 11) is 1.59. The molecule has 0 aromatic heterocycles. The molecule has 2 nitrogen and oxygen atoms in total. The summed E-state index contributed by atoms with van der Waals surface area (Å²) in [5, 5.41) is 4.76. The van der Waals surface area contributed by atoms with Crippen LogP contribution < -0.4 is 0 Å². The zero-order valence-corrected chi connectivity index (χ0v) is 9.66. The predicted octanol–water partition coefficient (Wildman–Crippen LogP) is 3.47. The van der Waals surface area contributed by atoms with Crippen molar-refractivity contribution < 1.29 is 4.84 Å². The summed E-state index contributed by atoms with van der Waals surface area (Å²) in [6.45, 7) is 2.02. The van der Waals surface area contributed by atoms with Gasteiger partial charge in [0, 0.05) is 10.9 Å². The molecule has 80 valence electrons. The average molecular weight is 224 g/mol. The Morgan fingerprint density at radius 3 is 2.67 bits per heavy atom. The first kappa shape index (κ1) is 10.5. The van der Waals surface area contributed by atoms with Crippen LogP contribution in [-0.4, -0.2) is 12.8 Å². The van der Waals surface area contributed by atoms with Crippen molar-refractivity contribution in [3.8, 4) is 0 Å². The molecule has 1 aromatic rings. The van der Waals surface area contributed by atoms with Crippen molar-refractivity contribution in [3.05, 3.63) is 34.9 Å².